The number of nitrogens with zero attached hydrogens (tertiary/aromatic N) is 1. The zero-order valence-electron chi connectivity index (χ0n) is 8.96. The summed E-state index contributed by atoms with van der Waals surface area (Å²) in [6, 6.07) is 1.02. The third kappa shape index (κ3) is 2.33. The first-order valence-electron chi connectivity index (χ1n) is 4.58. The molecule has 0 fully saturated rings. The summed E-state index contributed by atoms with van der Waals surface area (Å²) in [6.07, 6.45) is -2.73. The van der Waals surface area contributed by atoms with E-state index in [9.17, 15) is 13.6 Å². The molecule has 0 amide bonds. The first-order valence-corrected chi connectivity index (χ1v) is 4.58. The maximum atomic E-state index is 12.5. The maximum Gasteiger partial charge on any atom is 0.338 e. The third-order valence-corrected chi connectivity index (χ3v) is 2.18. The maximum absolute atomic E-state index is 12.5. The second-order valence-electron chi connectivity index (χ2n) is 3.16. The van der Waals surface area contributed by atoms with Gasteiger partial charge in [0.2, 0.25) is 0 Å². The van der Waals surface area contributed by atoms with Crippen LogP contribution in [0.5, 0.6) is 0 Å². The molecule has 6 heteroatoms. The van der Waals surface area contributed by atoms with Gasteiger partial charge in [0.15, 0.2) is 0 Å². The van der Waals surface area contributed by atoms with Gasteiger partial charge in [-0.15, -0.1) is 0 Å². The molecule has 0 aromatic carbocycles. The number of alkyl halides is 2. The number of esters is 1. The Labute approximate surface area is 91.4 Å². The number of pyridine rings is 1. The summed E-state index contributed by atoms with van der Waals surface area (Å²) in [6.45, 7) is 1.58. The van der Waals surface area contributed by atoms with Crippen LogP contribution in [0.25, 0.3) is 0 Å². The van der Waals surface area contributed by atoms with Gasteiger partial charge in [0.25, 0.3) is 6.43 Å². The van der Waals surface area contributed by atoms with E-state index in [4.69, 9.17) is 5.73 Å². The lowest BCUT2D eigenvalue weighted by Gasteiger charge is -2.11. The van der Waals surface area contributed by atoms with Crippen LogP contribution in [-0.4, -0.2) is 18.1 Å². The number of aryl methyl sites for hydroxylation is 1. The van der Waals surface area contributed by atoms with E-state index in [1.807, 2.05) is 0 Å². The van der Waals surface area contributed by atoms with Crippen LogP contribution < -0.4 is 5.73 Å². The van der Waals surface area contributed by atoms with Crippen LogP contribution in [0.2, 0.25) is 0 Å². The number of hydrogen-bond acceptors (Lipinski definition) is 4. The quantitative estimate of drug-likeness (QED) is 0.800. The highest BCUT2D eigenvalue weighted by molar-refractivity contribution is 5.91. The molecule has 88 valence electrons. The van der Waals surface area contributed by atoms with Crippen molar-refractivity contribution < 1.29 is 18.3 Å². The number of halogens is 2. The predicted molar refractivity (Wildman–Crippen MR) is 53.2 cm³/mol. The van der Waals surface area contributed by atoms with Gasteiger partial charge in [0.1, 0.15) is 5.69 Å². The molecule has 0 saturated carbocycles. The molecule has 16 heavy (non-hydrogen) atoms. The molecule has 0 aliphatic carbocycles. The average Bonchev–Trinajstić information content (AvgIpc) is 2.26. The zero-order chi connectivity index (χ0) is 12.3. The molecule has 0 unspecified atom stereocenters. The molecule has 0 spiro atoms. The first-order chi connectivity index (χ1) is 7.51. The van der Waals surface area contributed by atoms with Gasteiger partial charge in [-0.05, 0) is 13.0 Å². The van der Waals surface area contributed by atoms with Crippen molar-refractivity contribution in [2.45, 2.75) is 19.9 Å². The zero-order valence-corrected chi connectivity index (χ0v) is 8.96. The Bertz CT molecular complexity index is 408. The van der Waals surface area contributed by atoms with E-state index in [0.29, 0.717) is 11.3 Å². The monoisotopic (exact) mass is 230 g/mol. The van der Waals surface area contributed by atoms with Gasteiger partial charge in [-0.3, -0.25) is 4.98 Å². The Hall–Kier alpha value is -1.56. The minimum atomic E-state index is -2.73. The van der Waals surface area contributed by atoms with Crippen molar-refractivity contribution in [3.8, 4) is 0 Å². The number of carbonyl (C=O) groups is 1. The van der Waals surface area contributed by atoms with E-state index in [2.05, 4.69) is 9.72 Å². The Morgan fingerprint density at radius 1 is 1.62 bits per heavy atom. The molecule has 0 atom stereocenters. The van der Waals surface area contributed by atoms with Crippen LogP contribution in [0.4, 0.5) is 8.78 Å². The smallest absolute Gasteiger partial charge is 0.338 e. The number of rotatable bonds is 3. The summed E-state index contributed by atoms with van der Waals surface area (Å²) in [5.41, 5.74) is 5.78. The van der Waals surface area contributed by atoms with Gasteiger partial charge >= 0.3 is 5.97 Å². The SMILES string of the molecule is COC(=O)c1cc(C(F)F)nc(C)c1CN. The summed E-state index contributed by atoms with van der Waals surface area (Å²) in [4.78, 5) is 15.1. The standard InChI is InChI=1S/C10H12F2N2O2/c1-5-7(4-13)6(10(15)16-2)3-8(14-5)9(11)12/h3,9H,4,13H2,1-2H3. The fraction of sp³-hybridized carbons (Fsp3) is 0.400. The van der Waals surface area contributed by atoms with E-state index in [1.54, 1.807) is 0 Å². The van der Waals surface area contributed by atoms with Crippen LogP contribution in [0.1, 0.15) is 33.7 Å². The minimum absolute atomic E-state index is 0.0484. The molecule has 1 heterocycles. The van der Waals surface area contributed by atoms with Crippen molar-refractivity contribution in [3.63, 3.8) is 0 Å². The first kappa shape index (κ1) is 12.5. The highest BCUT2D eigenvalue weighted by atomic mass is 19.3. The number of aromatic nitrogens is 1. The van der Waals surface area contributed by atoms with Crippen LogP contribution in [-0.2, 0) is 11.3 Å². The summed E-state index contributed by atoms with van der Waals surface area (Å²) in [7, 11) is 1.18. The average molecular weight is 230 g/mol. The van der Waals surface area contributed by atoms with Crippen molar-refractivity contribution in [2.75, 3.05) is 7.11 Å². The number of ether oxygens (including phenoxy) is 1. The van der Waals surface area contributed by atoms with Crippen LogP contribution in [0.3, 0.4) is 0 Å². The van der Waals surface area contributed by atoms with E-state index in [1.165, 1.54) is 14.0 Å². The molecule has 1 aromatic heterocycles. The fourth-order valence-corrected chi connectivity index (χ4v) is 1.38. The lowest BCUT2D eigenvalue weighted by molar-refractivity contribution is 0.0598. The number of methoxy groups -OCH3 is 1. The van der Waals surface area contributed by atoms with Crippen molar-refractivity contribution in [2.24, 2.45) is 5.73 Å². The summed E-state index contributed by atoms with van der Waals surface area (Å²) >= 11 is 0. The van der Waals surface area contributed by atoms with Gasteiger partial charge in [0.05, 0.1) is 12.7 Å². The number of carbonyl (C=O) groups excluding carboxylic acids is 1. The number of nitrogens with two attached hydrogens (primary N) is 1. The Morgan fingerprint density at radius 3 is 2.69 bits per heavy atom. The molecular formula is C10H12F2N2O2. The molecule has 0 saturated heterocycles. The molecule has 4 nitrogen and oxygen atoms in total. The molecule has 0 aliphatic heterocycles. The summed E-state index contributed by atoms with van der Waals surface area (Å²) < 4.78 is 29.5. The van der Waals surface area contributed by atoms with Crippen molar-refractivity contribution in [3.05, 3.63) is 28.6 Å². The second-order valence-corrected chi connectivity index (χ2v) is 3.16. The highest BCUT2D eigenvalue weighted by Crippen LogP contribution is 2.22. The molecule has 0 aliphatic rings. The Balaban J connectivity index is 3.36. The van der Waals surface area contributed by atoms with Crippen molar-refractivity contribution in [1.82, 2.24) is 4.98 Å². The molecular weight excluding hydrogens is 218 g/mol. The molecule has 2 N–H and O–H groups in total. The summed E-state index contributed by atoms with van der Waals surface area (Å²) in [5.74, 6) is -0.687. The minimum Gasteiger partial charge on any atom is -0.465 e. The van der Waals surface area contributed by atoms with Gasteiger partial charge in [-0.2, -0.15) is 0 Å². The van der Waals surface area contributed by atoms with Gasteiger partial charge in [0, 0.05) is 17.8 Å². The third-order valence-electron chi connectivity index (χ3n) is 2.18. The fourth-order valence-electron chi connectivity index (χ4n) is 1.38. The molecule has 0 bridgehead atoms. The van der Waals surface area contributed by atoms with Crippen molar-refractivity contribution in [1.29, 1.82) is 0 Å². The van der Waals surface area contributed by atoms with E-state index in [0.717, 1.165) is 6.07 Å². The van der Waals surface area contributed by atoms with Gasteiger partial charge in [-0.1, -0.05) is 0 Å². The summed E-state index contributed by atoms with van der Waals surface area (Å²) in [5, 5.41) is 0. The Kier molecular flexibility index (Phi) is 3.89. The number of hydrogen-bond donors (Lipinski definition) is 1. The normalized spacial score (nSPS) is 10.6. The lowest BCUT2D eigenvalue weighted by Crippen LogP contribution is -2.13. The topological polar surface area (TPSA) is 65.2 Å². The predicted octanol–water partition coefficient (Wildman–Crippen LogP) is 1.57. The Morgan fingerprint density at radius 2 is 2.25 bits per heavy atom. The largest absolute Gasteiger partial charge is 0.465 e. The van der Waals surface area contributed by atoms with Crippen molar-refractivity contribution >= 4 is 5.97 Å². The molecule has 1 rings (SSSR count). The van der Waals surface area contributed by atoms with E-state index >= 15 is 0 Å². The molecule has 1 aromatic rings. The van der Waals surface area contributed by atoms with E-state index < -0.39 is 18.1 Å². The van der Waals surface area contributed by atoms with E-state index in [-0.39, 0.29) is 12.1 Å². The van der Waals surface area contributed by atoms with Gasteiger partial charge in [-0.25, -0.2) is 13.6 Å². The van der Waals surface area contributed by atoms with Crippen LogP contribution >= 0.6 is 0 Å². The molecule has 0 radical (unpaired) electrons. The lowest BCUT2D eigenvalue weighted by atomic mass is 10.1. The van der Waals surface area contributed by atoms with Crippen LogP contribution in [0.15, 0.2) is 6.07 Å². The van der Waals surface area contributed by atoms with Gasteiger partial charge < -0.3 is 10.5 Å². The second kappa shape index (κ2) is 4.98. The highest BCUT2D eigenvalue weighted by Gasteiger charge is 2.19. The van der Waals surface area contributed by atoms with Crippen LogP contribution in [0, 0.1) is 6.92 Å².